The Balaban J connectivity index is 0.965. The minimum atomic E-state index is 0.876. The lowest BCUT2D eigenvalue weighted by Crippen LogP contribution is -2.12. The van der Waals surface area contributed by atoms with Crippen molar-refractivity contribution in [2.75, 3.05) is 4.90 Å². The Kier molecular flexibility index (Phi) is 8.55. The molecule has 0 aliphatic carbocycles. The normalized spacial score (nSPS) is 11.8. The van der Waals surface area contributed by atoms with Crippen molar-refractivity contribution >= 4 is 93.4 Å². The van der Waals surface area contributed by atoms with Crippen LogP contribution in [0, 0.1) is 0 Å². The van der Waals surface area contributed by atoms with Crippen LogP contribution in [0.4, 0.5) is 17.1 Å². The smallest absolute Gasteiger partial charge is 0.143 e. The molecule has 3 heterocycles. The van der Waals surface area contributed by atoms with E-state index in [0.717, 1.165) is 78.0 Å². The Hall–Kier alpha value is -9.12. The molecule has 0 saturated carbocycles. The lowest BCUT2D eigenvalue weighted by molar-refractivity contribution is 0.670. The van der Waals surface area contributed by atoms with Crippen molar-refractivity contribution in [3.63, 3.8) is 0 Å². The number of rotatable bonds is 7. The van der Waals surface area contributed by atoms with Crippen molar-refractivity contribution in [2.45, 2.75) is 0 Å². The molecule has 0 radical (unpaired) electrons. The number of fused-ring (bicyclic) bond motifs is 10. The average Bonchev–Trinajstić information content (AvgIpc) is 4.06. The van der Waals surface area contributed by atoms with E-state index in [1.807, 2.05) is 0 Å². The molecule has 318 valence electrons. The molecule has 11 aromatic carbocycles. The van der Waals surface area contributed by atoms with Gasteiger partial charge in [0, 0.05) is 66.1 Å². The van der Waals surface area contributed by atoms with Crippen molar-refractivity contribution in [1.82, 2.24) is 9.13 Å². The first-order valence-corrected chi connectivity index (χ1v) is 23.3. The largest absolute Gasteiger partial charge is 0.455 e. The summed E-state index contributed by atoms with van der Waals surface area (Å²) >= 11 is 0. The first-order valence-electron chi connectivity index (χ1n) is 23.3. The van der Waals surface area contributed by atoms with Gasteiger partial charge in [-0.25, -0.2) is 0 Å². The van der Waals surface area contributed by atoms with Gasteiger partial charge in [0.05, 0.1) is 33.4 Å². The zero-order valence-corrected chi connectivity index (χ0v) is 36.9. The van der Waals surface area contributed by atoms with Crippen LogP contribution in [0.5, 0.6) is 0 Å². The van der Waals surface area contributed by atoms with Crippen molar-refractivity contribution in [3.8, 4) is 33.6 Å². The molecule has 14 aromatic rings. The van der Waals surface area contributed by atoms with E-state index in [1.165, 1.54) is 49.0 Å². The zero-order chi connectivity index (χ0) is 44.7. The van der Waals surface area contributed by atoms with E-state index in [2.05, 4.69) is 263 Å². The van der Waals surface area contributed by atoms with E-state index in [0.29, 0.717) is 0 Å². The number of benzene rings is 11. The number of anilines is 3. The third-order valence-electron chi connectivity index (χ3n) is 13.9. The summed E-state index contributed by atoms with van der Waals surface area (Å²) in [6.07, 6.45) is 0. The number of para-hydroxylation sites is 7. The van der Waals surface area contributed by atoms with Crippen molar-refractivity contribution in [2.24, 2.45) is 0 Å². The molecular formula is C64H41N3O. The Morgan fingerprint density at radius 1 is 0.324 bits per heavy atom. The lowest BCUT2D eigenvalue weighted by atomic mass is 9.98. The molecule has 0 aliphatic heterocycles. The molecule has 0 spiro atoms. The Bertz CT molecular complexity index is 4180. The van der Waals surface area contributed by atoms with Gasteiger partial charge in [-0.15, -0.1) is 0 Å². The number of nitrogens with zero attached hydrogens (tertiary/aromatic N) is 3. The van der Waals surface area contributed by atoms with Crippen molar-refractivity contribution in [1.29, 1.82) is 0 Å². The molecule has 68 heavy (non-hydrogen) atoms. The van der Waals surface area contributed by atoms with Crippen LogP contribution in [0.2, 0.25) is 0 Å². The van der Waals surface area contributed by atoms with Gasteiger partial charge in [-0.3, -0.25) is 0 Å². The van der Waals surface area contributed by atoms with E-state index in [-0.39, 0.29) is 0 Å². The molecular weight excluding hydrogens is 827 g/mol. The summed E-state index contributed by atoms with van der Waals surface area (Å²) in [6, 6.07) is 89.9. The summed E-state index contributed by atoms with van der Waals surface area (Å²) in [5.41, 5.74) is 16.3. The highest BCUT2D eigenvalue weighted by Crippen LogP contribution is 2.46. The van der Waals surface area contributed by atoms with Crippen LogP contribution in [0.1, 0.15) is 0 Å². The number of furan rings is 1. The highest BCUT2D eigenvalue weighted by Gasteiger charge is 2.23. The third kappa shape index (κ3) is 5.87. The molecule has 4 nitrogen and oxygen atoms in total. The molecule has 3 aromatic heterocycles. The standard InChI is InChI=1S/C64H41N3O/c1-2-18-44-40-63-56(39-43(44)17-1)55-28-16-27-54(64(55)68-63)53-26-8-10-30-58(53)65(46-19-15-20-47(41-46)66-59-31-11-4-22-49(59)50-23-5-12-32-60(50)66)45-37-35-42(36-38-45)48-21-3-9-29-57(48)67-61-33-13-6-24-51(61)52-25-7-14-34-62(52)67/h1-41H. The van der Waals surface area contributed by atoms with Crippen LogP contribution in [0.25, 0.3) is 110 Å². The predicted octanol–water partition coefficient (Wildman–Crippen LogP) is 17.7. The molecule has 0 fully saturated rings. The average molecular weight is 868 g/mol. The van der Waals surface area contributed by atoms with Crippen molar-refractivity contribution in [3.05, 3.63) is 249 Å². The number of hydrogen-bond donors (Lipinski definition) is 0. The predicted molar refractivity (Wildman–Crippen MR) is 285 cm³/mol. The number of aromatic nitrogens is 2. The highest BCUT2D eigenvalue weighted by atomic mass is 16.3. The maximum Gasteiger partial charge on any atom is 0.143 e. The Morgan fingerprint density at radius 3 is 1.51 bits per heavy atom. The lowest BCUT2D eigenvalue weighted by Gasteiger charge is -2.28. The third-order valence-corrected chi connectivity index (χ3v) is 13.9. The van der Waals surface area contributed by atoms with E-state index in [1.54, 1.807) is 0 Å². The summed E-state index contributed by atoms with van der Waals surface area (Å²) in [6.45, 7) is 0. The Labute approximate surface area is 392 Å². The van der Waals surface area contributed by atoms with E-state index in [4.69, 9.17) is 4.42 Å². The molecule has 0 aliphatic rings. The second-order valence-corrected chi connectivity index (χ2v) is 17.7. The summed E-state index contributed by atoms with van der Waals surface area (Å²) < 4.78 is 11.7. The van der Waals surface area contributed by atoms with Gasteiger partial charge >= 0.3 is 0 Å². The van der Waals surface area contributed by atoms with Gasteiger partial charge in [0.25, 0.3) is 0 Å². The topological polar surface area (TPSA) is 26.2 Å². The molecule has 0 saturated heterocycles. The van der Waals surface area contributed by atoms with Crippen LogP contribution >= 0.6 is 0 Å². The molecule has 4 heteroatoms. The summed E-state index contributed by atoms with van der Waals surface area (Å²) in [4.78, 5) is 2.41. The zero-order valence-electron chi connectivity index (χ0n) is 36.9. The Morgan fingerprint density at radius 2 is 0.838 bits per heavy atom. The molecule has 0 bridgehead atoms. The van der Waals surface area contributed by atoms with Gasteiger partial charge in [0.2, 0.25) is 0 Å². The SMILES string of the molecule is c1cc(N(c2ccc(-c3ccccc3-n3c4ccccc4c4ccccc43)cc2)c2ccccc2-c2cccc3c2oc2cc4ccccc4cc23)cc(-n2c3ccccc3c3ccccc32)c1. The second-order valence-electron chi connectivity index (χ2n) is 17.7. The molecule has 0 amide bonds. The molecule has 0 unspecified atom stereocenters. The fourth-order valence-electron chi connectivity index (χ4n) is 10.9. The van der Waals surface area contributed by atoms with Gasteiger partial charge < -0.3 is 18.5 Å². The van der Waals surface area contributed by atoms with Crippen LogP contribution in [-0.2, 0) is 0 Å². The van der Waals surface area contributed by atoms with E-state index in [9.17, 15) is 0 Å². The van der Waals surface area contributed by atoms with E-state index >= 15 is 0 Å². The summed E-state index contributed by atoms with van der Waals surface area (Å²) in [5.74, 6) is 0. The molecule has 0 N–H and O–H groups in total. The quantitative estimate of drug-likeness (QED) is 0.160. The fraction of sp³-hybridized carbons (Fsp3) is 0. The summed E-state index contributed by atoms with van der Waals surface area (Å²) in [7, 11) is 0. The maximum atomic E-state index is 6.88. The van der Waals surface area contributed by atoms with Crippen LogP contribution in [-0.4, -0.2) is 9.13 Å². The first-order chi connectivity index (χ1) is 33.7. The maximum absolute atomic E-state index is 6.88. The highest BCUT2D eigenvalue weighted by molar-refractivity contribution is 6.15. The van der Waals surface area contributed by atoms with Crippen LogP contribution < -0.4 is 4.90 Å². The molecule has 0 atom stereocenters. The van der Waals surface area contributed by atoms with Gasteiger partial charge in [-0.2, -0.15) is 0 Å². The van der Waals surface area contributed by atoms with Crippen LogP contribution in [0.3, 0.4) is 0 Å². The van der Waals surface area contributed by atoms with Gasteiger partial charge in [-0.1, -0.05) is 170 Å². The van der Waals surface area contributed by atoms with Gasteiger partial charge in [0.15, 0.2) is 0 Å². The minimum absolute atomic E-state index is 0.876. The fourth-order valence-corrected chi connectivity index (χ4v) is 10.9. The monoisotopic (exact) mass is 867 g/mol. The van der Waals surface area contributed by atoms with Crippen LogP contribution in [0.15, 0.2) is 253 Å². The van der Waals surface area contributed by atoms with Gasteiger partial charge in [0.1, 0.15) is 11.2 Å². The van der Waals surface area contributed by atoms with Crippen molar-refractivity contribution < 1.29 is 4.42 Å². The molecule has 14 rings (SSSR count). The van der Waals surface area contributed by atoms with Gasteiger partial charge in [-0.05, 0) is 95.2 Å². The first kappa shape index (κ1) is 38.2. The second kappa shape index (κ2) is 15.2. The number of hydrogen-bond acceptors (Lipinski definition) is 2. The minimum Gasteiger partial charge on any atom is -0.455 e. The summed E-state index contributed by atoms with van der Waals surface area (Å²) in [5, 5.41) is 9.55. The van der Waals surface area contributed by atoms with E-state index < -0.39 is 0 Å².